The number of rotatable bonds is 7. The van der Waals surface area contributed by atoms with Crippen molar-refractivity contribution in [1.29, 1.82) is 0 Å². The summed E-state index contributed by atoms with van der Waals surface area (Å²) in [7, 11) is 0. The number of primary amides is 1. The van der Waals surface area contributed by atoms with Crippen LogP contribution >= 0.6 is 11.6 Å². The van der Waals surface area contributed by atoms with Gasteiger partial charge in [0.2, 0.25) is 5.91 Å². The van der Waals surface area contributed by atoms with Crippen LogP contribution in [0, 0.1) is 0 Å². The SMILES string of the molecule is CC(C)c1cc(Cl)ccc1OC(C)(C)C(=O)NC1CC2CCC(C1)N2c1ccc(C(N)=O)cn1. The first kappa shape index (κ1) is 24.3. The van der Waals surface area contributed by atoms with Crippen LogP contribution < -0.4 is 20.7 Å². The predicted molar refractivity (Wildman–Crippen MR) is 133 cm³/mol. The maximum atomic E-state index is 13.2. The van der Waals surface area contributed by atoms with Gasteiger partial charge in [0.15, 0.2) is 5.60 Å². The first-order chi connectivity index (χ1) is 16.0. The molecule has 2 fully saturated rings. The first-order valence-electron chi connectivity index (χ1n) is 11.9. The normalized spacial score (nSPS) is 22.1. The Morgan fingerprint density at radius 1 is 1.18 bits per heavy atom. The molecule has 182 valence electrons. The third-order valence-electron chi connectivity index (χ3n) is 6.87. The largest absolute Gasteiger partial charge is 0.478 e. The topological polar surface area (TPSA) is 97.5 Å². The highest BCUT2D eigenvalue weighted by atomic mass is 35.5. The smallest absolute Gasteiger partial charge is 0.263 e. The van der Waals surface area contributed by atoms with E-state index in [1.807, 2.05) is 18.2 Å². The van der Waals surface area contributed by atoms with Crippen LogP contribution in [0.5, 0.6) is 5.75 Å². The second-order valence-electron chi connectivity index (χ2n) is 10.2. The molecule has 2 aliphatic heterocycles. The number of anilines is 1. The fourth-order valence-electron chi connectivity index (χ4n) is 5.10. The predicted octanol–water partition coefficient (Wildman–Crippen LogP) is 4.43. The number of halogens is 1. The number of nitrogens with two attached hydrogens (primary N) is 1. The number of fused-ring (bicyclic) bond motifs is 2. The highest BCUT2D eigenvalue weighted by Crippen LogP contribution is 2.39. The summed E-state index contributed by atoms with van der Waals surface area (Å²) in [5, 5.41) is 3.89. The zero-order valence-corrected chi connectivity index (χ0v) is 20.9. The first-order valence-corrected chi connectivity index (χ1v) is 12.3. The van der Waals surface area contributed by atoms with Crippen molar-refractivity contribution in [3.05, 3.63) is 52.7 Å². The summed E-state index contributed by atoms with van der Waals surface area (Å²) in [6.07, 6.45) is 5.33. The molecule has 2 atom stereocenters. The van der Waals surface area contributed by atoms with Crippen molar-refractivity contribution in [1.82, 2.24) is 10.3 Å². The number of piperidine rings is 1. The third kappa shape index (κ3) is 4.99. The van der Waals surface area contributed by atoms with Gasteiger partial charge in [-0.3, -0.25) is 9.59 Å². The van der Waals surface area contributed by atoms with E-state index in [9.17, 15) is 9.59 Å². The van der Waals surface area contributed by atoms with E-state index in [1.54, 1.807) is 26.0 Å². The fraction of sp³-hybridized carbons (Fsp3) is 0.500. The van der Waals surface area contributed by atoms with E-state index in [1.165, 1.54) is 6.20 Å². The second-order valence-corrected chi connectivity index (χ2v) is 10.6. The van der Waals surface area contributed by atoms with Crippen LogP contribution in [-0.4, -0.2) is 40.5 Å². The number of hydrogen-bond donors (Lipinski definition) is 2. The van der Waals surface area contributed by atoms with Gasteiger partial charge in [-0.1, -0.05) is 25.4 Å². The van der Waals surface area contributed by atoms with Gasteiger partial charge in [-0.2, -0.15) is 0 Å². The molecule has 4 rings (SSSR count). The lowest BCUT2D eigenvalue weighted by molar-refractivity contribution is -0.135. The summed E-state index contributed by atoms with van der Waals surface area (Å²) in [5.41, 5.74) is 5.70. The summed E-state index contributed by atoms with van der Waals surface area (Å²) < 4.78 is 6.21. The van der Waals surface area contributed by atoms with E-state index in [2.05, 4.69) is 29.0 Å². The molecule has 34 heavy (non-hydrogen) atoms. The minimum absolute atomic E-state index is 0.0730. The Labute approximate surface area is 206 Å². The average molecular weight is 485 g/mol. The monoisotopic (exact) mass is 484 g/mol. The lowest BCUT2D eigenvalue weighted by atomic mass is 9.96. The van der Waals surface area contributed by atoms with Crippen LogP contribution in [0.2, 0.25) is 5.02 Å². The number of carbonyl (C=O) groups is 2. The zero-order chi connectivity index (χ0) is 24.6. The van der Waals surface area contributed by atoms with Crippen LogP contribution in [0.4, 0.5) is 5.82 Å². The van der Waals surface area contributed by atoms with Gasteiger partial charge >= 0.3 is 0 Å². The van der Waals surface area contributed by atoms with Gasteiger partial charge in [-0.15, -0.1) is 0 Å². The number of aromatic nitrogens is 1. The molecule has 2 saturated heterocycles. The van der Waals surface area contributed by atoms with Crippen molar-refractivity contribution in [3.63, 3.8) is 0 Å². The molecule has 0 spiro atoms. The van der Waals surface area contributed by atoms with E-state index in [0.29, 0.717) is 28.4 Å². The molecule has 2 unspecified atom stereocenters. The molecule has 0 saturated carbocycles. The number of carbonyl (C=O) groups excluding carboxylic acids is 2. The fourth-order valence-corrected chi connectivity index (χ4v) is 5.28. The van der Waals surface area contributed by atoms with Crippen LogP contribution in [0.3, 0.4) is 0 Å². The molecule has 7 nitrogen and oxygen atoms in total. The minimum Gasteiger partial charge on any atom is -0.478 e. The summed E-state index contributed by atoms with van der Waals surface area (Å²) in [6, 6.07) is 9.76. The summed E-state index contributed by atoms with van der Waals surface area (Å²) in [6.45, 7) is 7.75. The maximum Gasteiger partial charge on any atom is 0.263 e. The van der Waals surface area contributed by atoms with Crippen molar-refractivity contribution in [2.75, 3.05) is 4.90 Å². The van der Waals surface area contributed by atoms with Crippen LogP contribution in [0.15, 0.2) is 36.5 Å². The molecule has 0 aliphatic carbocycles. The quantitative estimate of drug-likeness (QED) is 0.605. The van der Waals surface area contributed by atoms with Crippen molar-refractivity contribution >= 4 is 29.2 Å². The maximum absolute atomic E-state index is 13.2. The molecule has 2 amide bonds. The van der Waals surface area contributed by atoms with Crippen molar-refractivity contribution < 1.29 is 14.3 Å². The summed E-state index contributed by atoms with van der Waals surface area (Å²) in [5.74, 6) is 1.15. The Morgan fingerprint density at radius 2 is 1.85 bits per heavy atom. The summed E-state index contributed by atoms with van der Waals surface area (Å²) >= 11 is 6.17. The Hall–Kier alpha value is -2.80. The van der Waals surface area contributed by atoms with Gasteiger partial charge in [0.05, 0.1) is 5.56 Å². The van der Waals surface area contributed by atoms with Crippen molar-refractivity contribution in [3.8, 4) is 5.75 Å². The van der Waals surface area contributed by atoms with Crippen LogP contribution in [0.1, 0.15) is 75.2 Å². The van der Waals surface area contributed by atoms with Gasteiger partial charge in [0.1, 0.15) is 11.6 Å². The number of nitrogens with one attached hydrogen (secondary N) is 1. The Kier molecular flexibility index (Phi) is 6.76. The molecule has 2 aliphatic rings. The number of amides is 2. The van der Waals surface area contributed by atoms with E-state index in [-0.39, 0.29) is 17.9 Å². The average Bonchev–Trinajstić information content (AvgIpc) is 3.05. The number of ether oxygens (including phenoxy) is 1. The Morgan fingerprint density at radius 3 is 2.41 bits per heavy atom. The molecular weight excluding hydrogens is 452 g/mol. The molecule has 1 aromatic heterocycles. The molecule has 2 bridgehead atoms. The summed E-state index contributed by atoms with van der Waals surface area (Å²) in [4.78, 5) is 31.4. The lowest BCUT2D eigenvalue weighted by Gasteiger charge is -2.41. The number of benzene rings is 1. The highest BCUT2D eigenvalue weighted by molar-refractivity contribution is 6.30. The Balaban J connectivity index is 1.41. The van der Waals surface area contributed by atoms with Crippen molar-refractivity contribution in [2.45, 2.75) is 83.0 Å². The molecular formula is C26H33ClN4O3. The van der Waals surface area contributed by atoms with Gasteiger partial charge in [0.25, 0.3) is 5.91 Å². The third-order valence-corrected chi connectivity index (χ3v) is 7.11. The Bertz CT molecular complexity index is 1060. The molecule has 0 radical (unpaired) electrons. The van der Waals surface area contributed by atoms with Gasteiger partial charge in [0, 0.05) is 29.3 Å². The van der Waals surface area contributed by atoms with Gasteiger partial charge < -0.3 is 20.7 Å². The molecule has 8 heteroatoms. The van der Waals surface area contributed by atoms with Crippen LogP contribution in [-0.2, 0) is 4.79 Å². The van der Waals surface area contributed by atoms with Crippen LogP contribution in [0.25, 0.3) is 0 Å². The molecule has 3 N–H and O–H groups in total. The van der Waals surface area contributed by atoms with E-state index < -0.39 is 11.5 Å². The number of nitrogens with zero attached hydrogens (tertiary/aromatic N) is 2. The second kappa shape index (κ2) is 9.45. The zero-order valence-electron chi connectivity index (χ0n) is 20.2. The molecule has 1 aromatic carbocycles. The highest BCUT2D eigenvalue weighted by Gasteiger charge is 2.43. The van der Waals surface area contributed by atoms with E-state index >= 15 is 0 Å². The van der Waals surface area contributed by atoms with E-state index in [0.717, 1.165) is 37.1 Å². The van der Waals surface area contributed by atoms with Gasteiger partial charge in [-0.05, 0) is 81.3 Å². The van der Waals surface area contributed by atoms with Gasteiger partial charge in [-0.25, -0.2) is 4.98 Å². The van der Waals surface area contributed by atoms with E-state index in [4.69, 9.17) is 22.1 Å². The van der Waals surface area contributed by atoms with Crippen molar-refractivity contribution in [2.24, 2.45) is 5.73 Å². The number of hydrogen-bond acceptors (Lipinski definition) is 5. The number of pyridine rings is 1. The molecule has 2 aromatic rings. The molecule has 3 heterocycles. The lowest BCUT2D eigenvalue weighted by Crippen LogP contribution is -2.55. The minimum atomic E-state index is -1.03. The standard InChI is InChI=1S/C26H33ClN4O3/c1-15(2)21-11-17(27)6-9-22(21)34-26(3,4)25(33)30-18-12-19-7-8-20(13-18)31(19)23-10-5-16(14-29-23)24(28)32/h5-6,9-11,14-15,18-20H,7-8,12-13H2,1-4H3,(H2,28,32)(H,30,33).